The number of allylic oxidation sites excluding steroid dienone is 1. The van der Waals surface area contributed by atoms with Crippen molar-refractivity contribution in [3.05, 3.63) is 94.2 Å². The van der Waals surface area contributed by atoms with Crippen LogP contribution in [0.5, 0.6) is 0 Å². The van der Waals surface area contributed by atoms with Crippen LogP contribution < -0.4 is 4.90 Å². The van der Waals surface area contributed by atoms with Crippen LogP contribution in [0.15, 0.2) is 77.4 Å². The maximum absolute atomic E-state index is 13.8. The number of hydrogen-bond acceptors (Lipinski definition) is 1. The molecule has 0 aliphatic carbocycles. The summed E-state index contributed by atoms with van der Waals surface area (Å²) in [7, 11) is 1.87. The van der Waals surface area contributed by atoms with Crippen molar-refractivity contribution in [2.75, 3.05) is 11.9 Å². The highest BCUT2D eigenvalue weighted by molar-refractivity contribution is 9.10. The first-order valence-corrected chi connectivity index (χ1v) is 9.42. The van der Waals surface area contributed by atoms with E-state index < -0.39 is 5.54 Å². The topological polar surface area (TPSA) is 25.2 Å². The lowest BCUT2D eigenvalue weighted by Gasteiger charge is -2.40. The second-order valence-corrected chi connectivity index (χ2v) is 7.76. The van der Waals surface area contributed by atoms with Gasteiger partial charge in [-0.05, 0) is 42.0 Å². The van der Waals surface area contributed by atoms with E-state index in [4.69, 9.17) is 0 Å². The molecule has 4 heteroatoms. The third-order valence-corrected chi connectivity index (χ3v) is 6.08. The summed E-state index contributed by atoms with van der Waals surface area (Å²) in [5.41, 5.74) is 3.39. The Kier molecular flexibility index (Phi) is 3.28. The van der Waals surface area contributed by atoms with Crippen LogP contribution in [0.25, 0.3) is 6.08 Å². The van der Waals surface area contributed by atoms with Crippen LogP contribution in [0, 0.1) is 0 Å². The van der Waals surface area contributed by atoms with Gasteiger partial charge in [0.05, 0.1) is 0 Å². The molecule has 2 aliphatic heterocycles. The molecule has 26 heavy (non-hydrogen) atoms. The Balaban J connectivity index is 1.88. The van der Waals surface area contributed by atoms with Crippen LogP contribution in [0.4, 0.5) is 5.69 Å². The number of halogens is 1. The zero-order valence-corrected chi connectivity index (χ0v) is 15.8. The van der Waals surface area contributed by atoms with Gasteiger partial charge < -0.3 is 9.47 Å². The number of anilines is 1. The van der Waals surface area contributed by atoms with E-state index in [9.17, 15) is 4.79 Å². The zero-order chi connectivity index (χ0) is 17.9. The molecule has 3 heterocycles. The molecule has 1 amide bonds. The van der Waals surface area contributed by atoms with Crippen molar-refractivity contribution in [2.45, 2.75) is 11.5 Å². The van der Waals surface area contributed by atoms with E-state index in [-0.39, 0.29) is 11.8 Å². The molecule has 2 aromatic carbocycles. The van der Waals surface area contributed by atoms with Crippen molar-refractivity contribution in [1.29, 1.82) is 0 Å². The van der Waals surface area contributed by atoms with Gasteiger partial charge in [0, 0.05) is 40.6 Å². The molecule has 0 saturated carbocycles. The minimum absolute atomic E-state index is 0.0749. The van der Waals surface area contributed by atoms with E-state index in [0.29, 0.717) is 0 Å². The highest BCUT2D eigenvalue weighted by Gasteiger charge is 2.57. The van der Waals surface area contributed by atoms with Crippen molar-refractivity contribution in [1.82, 2.24) is 4.57 Å². The molecular formula is C22H17BrN2O. The fraction of sp³-hybridized carbons (Fsp3) is 0.136. The van der Waals surface area contributed by atoms with Gasteiger partial charge in [0.1, 0.15) is 0 Å². The molecule has 0 N–H and O–H groups in total. The number of likely N-dealkylation sites (N-methyl/N-ethyl adjacent to an activating group) is 1. The normalized spacial score (nSPS) is 23.4. The van der Waals surface area contributed by atoms with Crippen molar-refractivity contribution >= 4 is 33.6 Å². The van der Waals surface area contributed by atoms with E-state index >= 15 is 0 Å². The number of rotatable bonds is 1. The fourth-order valence-corrected chi connectivity index (χ4v) is 4.83. The second-order valence-electron chi connectivity index (χ2n) is 6.84. The van der Waals surface area contributed by atoms with Gasteiger partial charge in [-0.25, -0.2) is 0 Å². The maximum atomic E-state index is 13.8. The number of fused-ring (bicyclic) bond motifs is 4. The molecule has 2 atom stereocenters. The fourth-order valence-electron chi connectivity index (χ4n) is 4.47. The van der Waals surface area contributed by atoms with Crippen LogP contribution in [0.3, 0.4) is 0 Å². The number of aromatic nitrogens is 1. The van der Waals surface area contributed by atoms with Gasteiger partial charge in [-0.15, -0.1) is 0 Å². The lowest BCUT2D eigenvalue weighted by atomic mass is 9.73. The van der Waals surface area contributed by atoms with E-state index in [2.05, 4.69) is 56.9 Å². The molecule has 0 fully saturated rings. The average Bonchev–Trinajstić information content (AvgIpc) is 3.22. The Morgan fingerprint density at radius 3 is 2.65 bits per heavy atom. The Morgan fingerprint density at radius 2 is 1.85 bits per heavy atom. The SMILES string of the molecule is CN1C(=O)[C@]2(c3cc(Br)ccc31)[C@H](c1ccccc1)C=Cc1cccn12. The van der Waals surface area contributed by atoms with Gasteiger partial charge in [0.15, 0.2) is 5.54 Å². The molecule has 2 aliphatic rings. The number of benzene rings is 2. The van der Waals surface area contributed by atoms with Crippen molar-refractivity contribution in [3.63, 3.8) is 0 Å². The number of amides is 1. The summed E-state index contributed by atoms with van der Waals surface area (Å²) in [4.78, 5) is 15.5. The van der Waals surface area contributed by atoms with Crippen LogP contribution in [-0.2, 0) is 10.3 Å². The first kappa shape index (κ1) is 15.6. The predicted octanol–water partition coefficient (Wildman–Crippen LogP) is 4.78. The van der Waals surface area contributed by atoms with Gasteiger partial charge >= 0.3 is 0 Å². The van der Waals surface area contributed by atoms with E-state index in [1.807, 2.05) is 49.6 Å². The summed E-state index contributed by atoms with van der Waals surface area (Å²) in [5.74, 6) is 0.0235. The highest BCUT2D eigenvalue weighted by atomic mass is 79.9. The smallest absolute Gasteiger partial charge is 0.258 e. The summed E-state index contributed by atoms with van der Waals surface area (Å²) in [6.45, 7) is 0. The largest absolute Gasteiger partial charge is 0.328 e. The van der Waals surface area contributed by atoms with Gasteiger partial charge in [-0.1, -0.05) is 52.3 Å². The van der Waals surface area contributed by atoms with E-state index in [1.165, 1.54) is 0 Å². The minimum Gasteiger partial charge on any atom is -0.328 e. The number of nitrogens with zero attached hydrogens (tertiary/aromatic N) is 2. The highest BCUT2D eigenvalue weighted by Crippen LogP contribution is 2.53. The summed E-state index contributed by atoms with van der Waals surface area (Å²) in [6.07, 6.45) is 6.31. The van der Waals surface area contributed by atoms with Crippen molar-refractivity contribution in [3.8, 4) is 0 Å². The number of carbonyl (C=O) groups excluding carboxylic acids is 1. The van der Waals surface area contributed by atoms with Gasteiger partial charge in [-0.3, -0.25) is 4.79 Å². The summed E-state index contributed by atoms with van der Waals surface area (Å²) < 4.78 is 3.12. The van der Waals surface area contributed by atoms with Gasteiger partial charge in [-0.2, -0.15) is 0 Å². The molecule has 0 saturated heterocycles. The van der Waals surface area contributed by atoms with E-state index in [0.717, 1.165) is 27.0 Å². The Hall–Kier alpha value is -2.59. The zero-order valence-electron chi connectivity index (χ0n) is 14.3. The van der Waals surface area contributed by atoms with E-state index in [1.54, 1.807) is 4.90 Å². The Labute approximate surface area is 160 Å². The molecule has 0 bridgehead atoms. The van der Waals surface area contributed by atoms with Crippen LogP contribution in [-0.4, -0.2) is 17.5 Å². The molecule has 128 valence electrons. The molecule has 3 aromatic rings. The molecule has 0 radical (unpaired) electrons. The molecule has 5 rings (SSSR count). The standard InChI is InChI=1S/C22H17BrN2O/c1-24-20-12-9-16(23)14-19(20)22(21(24)26)18(15-6-3-2-4-7-15)11-10-17-8-5-13-25(17)22/h2-14,18H,1H3/t18-,22+/m0/s1. The third-order valence-electron chi connectivity index (χ3n) is 5.59. The molecule has 0 unspecified atom stereocenters. The maximum Gasteiger partial charge on any atom is 0.258 e. The molecule has 1 aromatic heterocycles. The summed E-state index contributed by atoms with van der Waals surface area (Å²) >= 11 is 3.60. The molecule has 1 spiro atoms. The monoisotopic (exact) mass is 404 g/mol. The van der Waals surface area contributed by atoms with Crippen molar-refractivity contribution < 1.29 is 4.79 Å². The number of carbonyl (C=O) groups is 1. The predicted molar refractivity (Wildman–Crippen MR) is 107 cm³/mol. The first-order chi connectivity index (χ1) is 12.6. The summed E-state index contributed by atoms with van der Waals surface area (Å²) in [5, 5.41) is 0. The average molecular weight is 405 g/mol. The molecular weight excluding hydrogens is 388 g/mol. The molecule has 3 nitrogen and oxygen atoms in total. The minimum atomic E-state index is -0.803. The first-order valence-electron chi connectivity index (χ1n) is 8.63. The lowest BCUT2D eigenvalue weighted by Crippen LogP contribution is -2.50. The summed E-state index contributed by atoms with van der Waals surface area (Å²) in [6, 6.07) is 20.5. The third kappa shape index (κ3) is 1.85. The Bertz CT molecular complexity index is 1050. The number of hydrogen-bond donors (Lipinski definition) is 0. The lowest BCUT2D eigenvalue weighted by molar-refractivity contribution is -0.124. The second kappa shape index (κ2) is 5.45. The van der Waals surface area contributed by atoms with Gasteiger partial charge in [0.25, 0.3) is 5.91 Å². The van der Waals surface area contributed by atoms with Crippen LogP contribution in [0.2, 0.25) is 0 Å². The quantitative estimate of drug-likeness (QED) is 0.572. The Morgan fingerprint density at radius 1 is 1.04 bits per heavy atom. The van der Waals surface area contributed by atoms with Crippen LogP contribution >= 0.6 is 15.9 Å². The van der Waals surface area contributed by atoms with Crippen LogP contribution in [0.1, 0.15) is 22.7 Å². The van der Waals surface area contributed by atoms with Crippen molar-refractivity contribution in [2.24, 2.45) is 0 Å². The van der Waals surface area contributed by atoms with Gasteiger partial charge in [0.2, 0.25) is 0 Å².